The molecule has 1 heterocycles. The van der Waals surface area contributed by atoms with E-state index in [0.29, 0.717) is 26.2 Å². The molecule has 1 aliphatic rings. The number of alkyl halides is 3. The molecule has 1 aliphatic heterocycles. The molecule has 0 aromatic heterocycles. The van der Waals surface area contributed by atoms with Crippen molar-refractivity contribution in [2.24, 2.45) is 0 Å². The third kappa shape index (κ3) is 3.34. The van der Waals surface area contributed by atoms with Gasteiger partial charge in [-0.1, -0.05) is 29.3 Å². The Labute approximate surface area is 119 Å². The Kier molecular flexibility index (Phi) is 4.61. The molecule has 0 radical (unpaired) electrons. The summed E-state index contributed by atoms with van der Waals surface area (Å²) in [7, 11) is 0. The van der Waals surface area contributed by atoms with Crippen molar-refractivity contribution < 1.29 is 13.2 Å². The molecule has 7 heteroatoms. The number of nitrogens with zero attached hydrogens (tertiary/aromatic N) is 1. The molecule has 1 aromatic carbocycles. The van der Waals surface area contributed by atoms with Crippen LogP contribution in [0.25, 0.3) is 0 Å². The van der Waals surface area contributed by atoms with Crippen molar-refractivity contribution in [1.82, 2.24) is 10.2 Å². The smallest absolute Gasteiger partial charge is 0.314 e. The third-order valence-electron chi connectivity index (χ3n) is 3.10. The van der Waals surface area contributed by atoms with Crippen LogP contribution in [0.4, 0.5) is 13.2 Å². The minimum Gasteiger partial charge on any atom is -0.314 e. The molecule has 0 bridgehead atoms. The summed E-state index contributed by atoms with van der Waals surface area (Å²) in [6.07, 6.45) is -4.41. The summed E-state index contributed by atoms with van der Waals surface area (Å²) in [5.41, 5.74) is -0.0553. The summed E-state index contributed by atoms with van der Waals surface area (Å²) in [6, 6.07) is 2.66. The number of halogens is 5. The van der Waals surface area contributed by atoms with Crippen LogP contribution in [0.3, 0.4) is 0 Å². The molecule has 0 spiro atoms. The van der Waals surface area contributed by atoms with Crippen molar-refractivity contribution in [3.63, 3.8) is 0 Å². The molecule has 1 aromatic rings. The average Bonchev–Trinajstić information content (AvgIpc) is 2.33. The zero-order valence-electron chi connectivity index (χ0n) is 9.97. The molecule has 1 fully saturated rings. The minimum absolute atomic E-state index is 0.0494. The van der Waals surface area contributed by atoms with E-state index in [1.54, 1.807) is 6.07 Å². The molecular formula is C12H13Cl2F3N2. The predicted molar refractivity (Wildman–Crippen MR) is 69.7 cm³/mol. The molecule has 19 heavy (non-hydrogen) atoms. The molecule has 0 unspecified atom stereocenters. The van der Waals surface area contributed by atoms with Crippen LogP contribution in [-0.2, 0) is 0 Å². The fraction of sp³-hybridized carbons (Fsp3) is 0.500. The standard InChI is InChI=1S/C12H13Cl2F3N2/c13-8-2-1-3-9(14)10(8)11(12(15,16)17)19-6-4-18-5-7-19/h1-3,11,18H,4-7H2/t11-/m0/s1. The summed E-state index contributed by atoms with van der Waals surface area (Å²) >= 11 is 11.8. The van der Waals surface area contributed by atoms with Crippen molar-refractivity contribution in [1.29, 1.82) is 0 Å². The lowest BCUT2D eigenvalue weighted by atomic mass is 10.0. The van der Waals surface area contributed by atoms with Gasteiger partial charge in [0.25, 0.3) is 0 Å². The molecule has 0 aliphatic carbocycles. The van der Waals surface area contributed by atoms with Crippen molar-refractivity contribution in [2.75, 3.05) is 26.2 Å². The van der Waals surface area contributed by atoms with Crippen LogP contribution in [0.2, 0.25) is 10.0 Å². The largest absolute Gasteiger partial charge is 0.408 e. The van der Waals surface area contributed by atoms with Crippen molar-refractivity contribution in [3.05, 3.63) is 33.8 Å². The van der Waals surface area contributed by atoms with E-state index < -0.39 is 12.2 Å². The topological polar surface area (TPSA) is 15.3 Å². The normalized spacial score (nSPS) is 19.4. The Balaban J connectivity index is 2.43. The van der Waals surface area contributed by atoms with Gasteiger partial charge in [-0.3, -0.25) is 4.90 Å². The highest BCUT2D eigenvalue weighted by molar-refractivity contribution is 6.36. The highest BCUT2D eigenvalue weighted by atomic mass is 35.5. The molecule has 2 rings (SSSR count). The molecule has 1 atom stereocenters. The van der Waals surface area contributed by atoms with Crippen LogP contribution in [0.1, 0.15) is 11.6 Å². The summed E-state index contributed by atoms with van der Waals surface area (Å²) < 4.78 is 40.1. The Morgan fingerprint density at radius 1 is 1.11 bits per heavy atom. The second-order valence-corrected chi connectivity index (χ2v) is 5.18. The maximum Gasteiger partial charge on any atom is 0.408 e. The number of rotatable bonds is 2. The van der Waals surface area contributed by atoms with Crippen molar-refractivity contribution >= 4 is 23.2 Å². The van der Waals surface area contributed by atoms with E-state index >= 15 is 0 Å². The van der Waals surface area contributed by atoms with Crippen LogP contribution in [0.15, 0.2) is 18.2 Å². The van der Waals surface area contributed by atoms with E-state index in [-0.39, 0.29) is 15.6 Å². The van der Waals surface area contributed by atoms with Gasteiger partial charge in [0.05, 0.1) is 0 Å². The van der Waals surface area contributed by atoms with Crippen LogP contribution < -0.4 is 5.32 Å². The Morgan fingerprint density at radius 3 is 2.11 bits per heavy atom. The number of piperazine rings is 1. The van der Waals surface area contributed by atoms with Gasteiger partial charge in [-0.25, -0.2) is 0 Å². The lowest BCUT2D eigenvalue weighted by Crippen LogP contribution is -2.49. The minimum atomic E-state index is -4.41. The van der Waals surface area contributed by atoms with Gasteiger partial charge in [0, 0.05) is 41.8 Å². The monoisotopic (exact) mass is 312 g/mol. The molecule has 2 nitrogen and oxygen atoms in total. The zero-order valence-corrected chi connectivity index (χ0v) is 11.5. The van der Waals surface area contributed by atoms with E-state index in [1.807, 2.05) is 0 Å². The summed E-state index contributed by atoms with van der Waals surface area (Å²) in [5.74, 6) is 0. The number of benzene rings is 1. The molecule has 106 valence electrons. The first-order valence-corrected chi connectivity index (χ1v) is 6.62. The molecule has 1 N–H and O–H groups in total. The Hall–Kier alpha value is -0.490. The van der Waals surface area contributed by atoms with Crippen LogP contribution >= 0.6 is 23.2 Å². The van der Waals surface area contributed by atoms with Crippen molar-refractivity contribution in [2.45, 2.75) is 12.2 Å². The van der Waals surface area contributed by atoms with Gasteiger partial charge in [-0.05, 0) is 12.1 Å². The maximum absolute atomic E-state index is 13.4. The quantitative estimate of drug-likeness (QED) is 0.899. The van der Waals surface area contributed by atoms with E-state index in [4.69, 9.17) is 23.2 Å². The van der Waals surface area contributed by atoms with Crippen LogP contribution in [0.5, 0.6) is 0 Å². The SMILES string of the molecule is FC(F)(F)[C@H](c1c(Cl)cccc1Cl)N1CCNCC1. The van der Waals surface area contributed by atoms with Gasteiger partial charge >= 0.3 is 6.18 Å². The van der Waals surface area contributed by atoms with E-state index in [2.05, 4.69) is 5.32 Å². The van der Waals surface area contributed by atoms with Crippen molar-refractivity contribution in [3.8, 4) is 0 Å². The molecule has 0 saturated carbocycles. The first-order chi connectivity index (χ1) is 8.91. The van der Waals surface area contributed by atoms with Gasteiger partial charge in [-0.2, -0.15) is 13.2 Å². The highest BCUT2D eigenvalue weighted by Crippen LogP contribution is 2.43. The highest BCUT2D eigenvalue weighted by Gasteiger charge is 2.46. The number of hydrogen-bond donors (Lipinski definition) is 1. The first-order valence-electron chi connectivity index (χ1n) is 5.86. The number of nitrogens with one attached hydrogen (secondary N) is 1. The third-order valence-corrected chi connectivity index (χ3v) is 3.76. The second-order valence-electron chi connectivity index (χ2n) is 4.37. The van der Waals surface area contributed by atoms with Gasteiger partial charge in [-0.15, -0.1) is 0 Å². The average molecular weight is 313 g/mol. The lowest BCUT2D eigenvalue weighted by Gasteiger charge is -2.36. The predicted octanol–water partition coefficient (Wildman–Crippen LogP) is 3.50. The maximum atomic E-state index is 13.4. The molecule has 0 amide bonds. The van der Waals surface area contributed by atoms with Crippen LogP contribution in [-0.4, -0.2) is 37.3 Å². The van der Waals surface area contributed by atoms with Crippen LogP contribution in [0, 0.1) is 0 Å². The van der Waals surface area contributed by atoms with Gasteiger partial charge < -0.3 is 5.32 Å². The summed E-state index contributed by atoms with van der Waals surface area (Å²) in [5, 5.41) is 3.13. The Morgan fingerprint density at radius 2 is 1.63 bits per heavy atom. The fourth-order valence-electron chi connectivity index (χ4n) is 2.27. The Bertz CT molecular complexity index is 425. The summed E-state index contributed by atoms with van der Waals surface area (Å²) in [4.78, 5) is 1.36. The first kappa shape index (κ1) is 14.9. The molecular weight excluding hydrogens is 300 g/mol. The van der Waals surface area contributed by atoms with Gasteiger partial charge in [0.1, 0.15) is 6.04 Å². The number of hydrogen-bond acceptors (Lipinski definition) is 2. The zero-order chi connectivity index (χ0) is 14.0. The second kappa shape index (κ2) is 5.87. The van der Waals surface area contributed by atoms with Gasteiger partial charge in [0.15, 0.2) is 0 Å². The van der Waals surface area contributed by atoms with Gasteiger partial charge in [0.2, 0.25) is 0 Å². The lowest BCUT2D eigenvalue weighted by molar-refractivity contribution is -0.187. The van der Waals surface area contributed by atoms with E-state index in [1.165, 1.54) is 17.0 Å². The fourth-order valence-corrected chi connectivity index (χ4v) is 2.87. The molecule has 1 saturated heterocycles. The van der Waals surface area contributed by atoms with E-state index in [0.717, 1.165) is 0 Å². The van der Waals surface area contributed by atoms with E-state index in [9.17, 15) is 13.2 Å². The summed E-state index contributed by atoms with van der Waals surface area (Å²) in [6.45, 7) is 1.67.